The molecule has 19 heavy (non-hydrogen) atoms. The first-order chi connectivity index (χ1) is 8.97. The second kappa shape index (κ2) is 5.36. The molecule has 0 radical (unpaired) electrons. The molecule has 100 valence electrons. The number of thiophene rings is 1. The Morgan fingerprint density at radius 3 is 2.63 bits per heavy atom. The third-order valence-corrected chi connectivity index (χ3v) is 3.93. The van der Waals surface area contributed by atoms with E-state index >= 15 is 0 Å². The van der Waals surface area contributed by atoms with Gasteiger partial charge in [0.05, 0.1) is 11.0 Å². The summed E-state index contributed by atoms with van der Waals surface area (Å²) >= 11 is 1.67. The monoisotopic (exact) mass is 277 g/mol. The molecule has 5 nitrogen and oxygen atoms in total. The molecule has 0 amide bonds. The first-order valence-electron chi connectivity index (χ1n) is 5.92. The Hall–Kier alpha value is -1.95. The van der Waals surface area contributed by atoms with Gasteiger partial charge in [-0.05, 0) is 39.0 Å². The normalized spacial score (nSPS) is 12.2. The van der Waals surface area contributed by atoms with Crippen LogP contribution < -0.4 is 5.32 Å². The lowest BCUT2D eigenvalue weighted by Crippen LogP contribution is -2.09. The number of nitrogens with one attached hydrogen (secondary N) is 1. The van der Waals surface area contributed by atoms with Crippen molar-refractivity contribution >= 4 is 22.8 Å². The first-order valence-corrected chi connectivity index (χ1v) is 6.74. The van der Waals surface area contributed by atoms with Gasteiger partial charge in [-0.25, -0.2) is 4.98 Å². The third-order valence-electron chi connectivity index (χ3n) is 2.75. The summed E-state index contributed by atoms with van der Waals surface area (Å²) in [4.78, 5) is 17.1. The molecule has 0 saturated carbocycles. The summed E-state index contributed by atoms with van der Waals surface area (Å²) in [5.74, 6) is 0.323. The van der Waals surface area contributed by atoms with Crippen LogP contribution in [0.3, 0.4) is 0 Å². The van der Waals surface area contributed by atoms with Crippen LogP contribution in [0.5, 0.6) is 0 Å². The van der Waals surface area contributed by atoms with E-state index in [4.69, 9.17) is 0 Å². The molecule has 2 aromatic rings. The predicted molar refractivity (Wildman–Crippen MR) is 76.7 cm³/mol. The molecule has 0 spiro atoms. The molecular formula is C13H15N3O2S. The van der Waals surface area contributed by atoms with Crippen LogP contribution in [-0.2, 0) is 0 Å². The number of aryl methyl sites for hydroxylation is 2. The van der Waals surface area contributed by atoms with Crippen LogP contribution in [0, 0.1) is 24.0 Å². The highest BCUT2D eigenvalue weighted by Gasteiger charge is 2.18. The second-order valence-electron chi connectivity index (χ2n) is 4.39. The predicted octanol–water partition coefficient (Wildman–Crippen LogP) is 3.84. The molecule has 2 heterocycles. The Kier molecular flexibility index (Phi) is 3.80. The largest absolute Gasteiger partial charge is 0.357 e. The van der Waals surface area contributed by atoms with Gasteiger partial charge < -0.3 is 5.32 Å². The van der Waals surface area contributed by atoms with Gasteiger partial charge in [-0.15, -0.1) is 11.3 Å². The second-order valence-corrected chi connectivity index (χ2v) is 5.71. The lowest BCUT2D eigenvalue weighted by atomic mass is 10.2. The summed E-state index contributed by atoms with van der Waals surface area (Å²) < 4.78 is 0. The maximum Gasteiger partial charge on any atom is 0.311 e. The molecule has 0 aliphatic carbocycles. The van der Waals surface area contributed by atoms with Crippen molar-refractivity contribution in [3.05, 3.63) is 49.8 Å². The van der Waals surface area contributed by atoms with E-state index in [-0.39, 0.29) is 11.7 Å². The summed E-state index contributed by atoms with van der Waals surface area (Å²) in [5.41, 5.74) is 0.758. The number of nitrogens with zero attached hydrogens (tertiary/aromatic N) is 2. The maximum atomic E-state index is 11.0. The molecule has 1 N–H and O–H groups in total. The summed E-state index contributed by atoms with van der Waals surface area (Å²) in [5, 5.41) is 14.1. The molecule has 0 aliphatic heterocycles. The number of aromatic nitrogens is 1. The molecule has 0 fully saturated rings. The van der Waals surface area contributed by atoms with E-state index in [1.54, 1.807) is 17.4 Å². The van der Waals surface area contributed by atoms with Crippen molar-refractivity contribution in [2.24, 2.45) is 0 Å². The molecule has 2 rings (SSSR count). The molecule has 6 heteroatoms. The molecular weight excluding hydrogens is 262 g/mol. The quantitative estimate of drug-likeness (QED) is 0.681. The fraction of sp³-hybridized carbons (Fsp3) is 0.308. The van der Waals surface area contributed by atoms with Crippen molar-refractivity contribution in [1.82, 2.24) is 4.98 Å². The smallest absolute Gasteiger partial charge is 0.311 e. The van der Waals surface area contributed by atoms with Crippen LogP contribution in [0.4, 0.5) is 11.5 Å². The van der Waals surface area contributed by atoms with Crippen molar-refractivity contribution in [1.29, 1.82) is 0 Å². The zero-order valence-electron chi connectivity index (χ0n) is 11.0. The van der Waals surface area contributed by atoms with Gasteiger partial charge in [0.25, 0.3) is 0 Å². The van der Waals surface area contributed by atoms with Gasteiger partial charge in [-0.1, -0.05) is 0 Å². The van der Waals surface area contributed by atoms with Crippen molar-refractivity contribution in [3.8, 4) is 0 Å². The molecule has 2 aromatic heterocycles. The molecule has 0 bridgehead atoms. The average Bonchev–Trinajstić information content (AvgIpc) is 2.75. The Balaban J connectivity index is 2.27. The average molecular weight is 277 g/mol. The Labute approximate surface area is 115 Å². The zero-order valence-corrected chi connectivity index (χ0v) is 11.8. The fourth-order valence-electron chi connectivity index (χ4n) is 1.77. The van der Waals surface area contributed by atoms with Gasteiger partial charge in [0.2, 0.25) is 5.82 Å². The van der Waals surface area contributed by atoms with Crippen molar-refractivity contribution in [2.45, 2.75) is 26.8 Å². The highest BCUT2D eigenvalue weighted by Crippen LogP contribution is 2.29. The van der Waals surface area contributed by atoms with Crippen LogP contribution in [0.1, 0.15) is 28.4 Å². The van der Waals surface area contributed by atoms with E-state index in [1.807, 2.05) is 32.9 Å². The number of pyridine rings is 1. The van der Waals surface area contributed by atoms with Gasteiger partial charge in [0, 0.05) is 21.5 Å². The third kappa shape index (κ3) is 3.08. The minimum absolute atomic E-state index is 0.00530. The molecule has 1 atom stereocenters. The number of hydrogen-bond acceptors (Lipinski definition) is 5. The first kappa shape index (κ1) is 13.5. The number of rotatable bonds is 4. The highest BCUT2D eigenvalue weighted by molar-refractivity contribution is 7.12. The van der Waals surface area contributed by atoms with Gasteiger partial charge in [-0.3, -0.25) is 10.1 Å². The van der Waals surface area contributed by atoms with E-state index in [2.05, 4.69) is 10.3 Å². The van der Waals surface area contributed by atoms with Gasteiger partial charge in [0.1, 0.15) is 0 Å². The van der Waals surface area contributed by atoms with Crippen LogP contribution >= 0.6 is 11.3 Å². The highest BCUT2D eigenvalue weighted by atomic mass is 32.1. The number of nitro groups is 1. The van der Waals surface area contributed by atoms with Crippen LogP contribution in [0.25, 0.3) is 0 Å². The van der Waals surface area contributed by atoms with Gasteiger partial charge in [-0.2, -0.15) is 0 Å². The minimum atomic E-state index is -0.416. The van der Waals surface area contributed by atoms with Gasteiger partial charge >= 0.3 is 5.69 Å². The number of anilines is 1. The summed E-state index contributed by atoms with van der Waals surface area (Å²) in [6, 6.07) is 7.18. The fourth-order valence-corrected chi connectivity index (χ4v) is 2.64. The van der Waals surface area contributed by atoms with Crippen LogP contribution in [0.15, 0.2) is 24.3 Å². The van der Waals surface area contributed by atoms with Crippen LogP contribution in [-0.4, -0.2) is 9.91 Å². The Morgan fingerprint density at radius 2 is 2.05 bits per heavy atom. The summed E-state index contributed by atoms with van der Waals surface area (Å²) in [7, 11) is 0. The zero-order chi connectivity index (χ0) is 14.0. The van der Waals surface area contributed by atoms with E-state index < -0.39 is 4.92 Å². The SMILES string of the molecule is Cc1ccc([N+](=O)[O-])c(NC(C)c2ccc(C)s2)n1. The maximum absolute atomic E-state index is 11.0. The van der Waals surface area contributed by atoms with E-state index in [0.29, 0.717) is 5.82 Å². The van der Waals surface area contributed by atoms with Gasteiger partial charge in [0.15, 0.2) is 0 Å². The molecule has 0 aromatic carbocycles. The lowest BCUT2D eigenvalue weighted by molar-refractivity contribution is -0.384. The Bertz CT molecular complexity index is 610. The lowest BCUT2D eigenvalue weighted by Gasteiger charge is -2.13. The van der Waals surface area contributed by atoms with Crippen LogP contribution in [0.2, 0.25) is 0 Å². The topological polar surface area (TPSA) is 68.1 Å². The van der Waals surface area contributed by atoms with E-state index in [1.165, 1.54) is 10.9 Å². The van der Waals surface area contributed by atoms with E-state index in [9.17, 15) is 10.1 Å². The minimum Gasteiger partial charge on any atom is -0.357 e. The summed E-state index contributed by atoms with van der Waals surface area (Å²) in [6.07, 6.45) is 0. The van der Waals surface area contributed by atoms with E-state index in [0.717, 1.165) is 10.6 Å². The Morgan fingerprint density at radius 1 is 1.32 bits per heavy atom. The standard InChI is InChI=1S/C13H15N3O2S/c1-8-4-6-11(16(17)18)13(14-8)15-10(3)12-7-5-9(2)19-12/h4-7,10H,1-3H3,(H,14,15). The summed E-state index contributed by atoms with van der Waals surface area (Å²) in [6.45, 7) is 5.82. The van der Waals surface area contributed by atoms with Crippen molar-refractivity contribution < 1.29 is 4.92 Å². The van der Waals surface area contributed by atoms with Crippen molar-refractivity contribution in [3.63, 3.8) is 0 Å². The molecule has 0 saturated heterocycles. The molecule has 1 unspecified atom stereocenters. The van der Waals surface area contributed by atoms with Crippen molar-refractivity contribution in [2.75, 3.05) is 5.32 Å². The molecule has 0 aliphatic rings. The number of hydrogen-bond donors (Lipinski definition) is 1.